The predicted molar refractivity (Wildman–Crippen MR) is 140 cm³/mol. The number of nitrogens with zero attached hydrogens (tertiary/aromatic N) is 2. The average molecular weight is 460 g/mol. The molecule has 1 aromatic heterocycles. The van der Waals surface area contributed by atoms with Crippen LogP contribution in [0.25, 0.3) is 12.2 Å². The topological polar surface area (TPSA) is 67.9 Å². The standard InChI is InChI=1S/C24H19N3O2.C6H6/c28-23-25-22(26-24(27-23)29-21-9-5-2-6-10-21)17-20-15-13-19(14-16-20)12-11-18-7-3-1-4-8-18;1-2-4-6-5-3-1/h1-16H,17H2,(H,25,26,27,28);1-6H. The van der Waals surface area contributed by atoms with Crippen molar-refractivity contribution < 1.29 is 4.74 Å². The lowest BCUT2D eigenvalue weighted by Gasteiger charge is -2.05. The first-order chi connectivity index (χ1) is 17.2. The summed E-state index contributed by atoms with van der Waals surface area (Å²) in [6, 6.07) is 39.4. The molecule has 5 rings (SSSR count). The Bertz CT molecular complexity index is 1360. The Morgan fingerprint density at radius 2 is 1.14 bits per heavy atom. The number of H-pyrrole nitrogens is 1. The molecule has 0 unspecified atom stereocenters. The van der Waals surface area contributed by atoms with Crippen molar-refractivity contribution in [1.29, 1.82) is 0 Å². The first-order valence-electron chi connectivity index (χ1n) is 11.3. The highest BCUT2D eigenvalue weighted by atomic mass is 16.5. The van der Waals surface area contributed by atoms with Crippen LogP contribution in [0.3, 0.4) is 0 Å². The summed E-state index contributed by atoms with van der Waals surface area (Å²) in [7, 11) is 0. The minimum absolute atomic E-state index is 0.0392. The normalized spacial score (nSPS) is 10.4. The summed E-state index contributed by atoms with van der Waals surface area (Å²) in [6.07, 6.45) is 4.62. The van der Waals surface area contributed by atoms with Crippen molar-refractivity contribution in [1.82, 2.24) is 15.0 Å². The van der Waals surface area contributed by atoms with Gasteiger partial charge in [-0.05, 0) is 28.8 Å². The lowest BCUT2D eigenvalue weighted by atomic mass is 10.1. The van der Waals surface area contributed by atoms with E-state index in [-0.39, 0.29) is 6.01 Å². The van der Waals surface area contributed by atoms with Gasteiger partial charge >= 0.3 is 11.7 Å². The average Bonchev–Trinajstić information content (AvgIpc) is 2.91. The molecule has 1 heterocycles. The quantitative estimate of drug-likeness (QED) is 0.298. The highest BCUT2D eigenvalue weighted by molar-refractivity contribution is 5.69. The second-order valence-corrected chi connectivity index (χ2v) is 7.62. The van der Waals surface area contributed by atoms with Crippen LogP contribution < -0.4 is 10.4 Å². The first kappa shape index (κ1) is 23.4. The Kier molecular flexibility index (Phi) is 8.33. The van der Waals surface area contributed by atoms with E-state index in [1.54, 1.807) is 12.1 Å². The van der Waals surface area contributed by atoms with Gasteiger partial charge in [-0.15, -0.1) is 4.98 Å². The predicted octanol–water partition coefficient (Wildman–Crippen LogP) is 6.41. The maximum atomic E-state index is 11.9. The zero-order chi connectivity index (χ0) is 24.1. The van der Waals surface area contributed by atoms with E-state index in [9.17, 15) is 4.79 Å². The maximum Gasteiger partial charge on any atom is 0.350 e. The summed E-state index contributed by atoms with van der Waals surface area (Å²) >= 11 is 0. The number of nitrogens with one attached hydrogen (secondary N) is 1. The summed E-state index contributed by atoms with van der Waals surface area (Å²) in [5, 5.41) is 0. The van der Waals surface area contributed by atoms with Gasteiger partial charge in [-0.3, -0.25) is 4.98 Å². The number of hydrogen-bond donors (Lipinski definition) is 1. The third-order valence-electron chi connectivity index (χ3n) is 4.92. The Morgan fingerprint density at radius 3 is 1.74 bits per heavy atom. The zero-order valence-electron chi connectivity index (χ0n) is 19.1. The van der Waals surface area contributed by atoms with Crippen molar-refractivity contribution in [2.45, 2.75) is 6.42 Å². The summed E-state index contributed by atoms with van der Waals surface area (Å²) in [6.45, 7) is 0. The van der Waals surface area contributed by atoms with Crippen LogP contribution in [-0.2, 0) is 6.42 Å². The largest absolute Gasteiger partial charge is 0.424 e. The third kappa shape index (κ3) is 7.94. The molecule has 35 heavy (non-hydrogen) atoms. The fourth-order valence-corrected chi connectivity index (χ4v) is 3.21. The van der Waals surface area contributed by atoms with Crippen LogP contribution >= 0.6 is 0 Å². The molecule has 0 saturated heterocycles. The van der Waals surface area contributed by atoms with Gasteiger partial charge in [-0.2, -0.15) is 4.98 Å². The molecule has 0 amide bonds. The monoisotopic (exact) mass is 459 g/mol. The first-order valence-corrected chi connectivity index (χ1v) is 11.3. The van der Waals surface area contributed by atoms with Crippen LogP contribution in [0.15, 0.2) is 126 Å². The number of para-hydroxylation sites is 1. The second kappa shape index (κ2) is 12.5. The van der Waals surface area contributed by atoms with Gasteiger partial charge in [-0.1, -0.05) is 121 Å². The molecule has 0 aliphatic heterocycles. The van der Waals surface area contributed by atoms with Crippen LogP contribution in [0.4, 0.5) is 0 Å². The maximum absolute atomic E-state index is 11.9. The Balaban J connectivity index is 0.000000421. The van der Waals surface area contributed by atoms with E-state index in [1.807, 2.05) is 97.1 Å². The molecule has 0 fully saturated rings. The fraction of sp³-hybridized carbons (Fsp3) is 0.0333. The SMILES string of the molecule is O=c1nc(Oc2ccccc2)nc(Cc2ccc(C=Cc3ccccc3)cc2)[nH]1.c1ccccc1. The third-order valence-corrected chi connectivity index (χ3v) is 4.92. The van der Waals surface area contributed by atoms with Crippen molar-refractivity contribution in [3.63, 3.8) is 0 Å². The molecule has 5 aromatic rings. The van der Waals surface area contributed by atoms with Gasteiger partial charge in [0.1, 0.15) is 11.6 Å². The number of aromatic amines is 1. The van der Waals surface area contributed by atoms with Crippen LogP contribution in [-0.4, -0.2) is 15.0 Å². The molecule has 4 aromatic carbocycles. The van der Waals surface area contributed by atoms with Crippen molar-refractivity contribution in [3.8, 4) is 11.8 Å². The molecule has 0 bridgehead atoms. The number of ether oxygens (including phenoxy) is 1. The molecular formula is C30H25N3O2. The highest BCUT2D eigenvalue weighted by Gasteiger charge is 2.06. The van der Waals surface area contributed by atoms with Gasteiger partial charge in [0.15, 0.2) is 0 Å². The molecule has 0 atom stereocenters. The van der Waals surface area contributed by atoms with E-state index in [4.69, 9.17) is 4.74 Å². The van der Waals surface area contributed by atoms with Gasteiger partial charge in [0.2, 0.25) is 0 Å². The molecule has 0 radical (unpaired) electrons. The summed E-state index contributed by atoms with van der Waals surface area (Å²) in [5.74, 6) is 1.09. The van der Waals surface area contributed by atoms with Crippen LogP contribution in [0.5, 0.6) is 11.8 Å². The number of aromatic nitrogens is 3. The van der Waals surface area contributed by atoms with Crippen molar-refractivity contribution in [2.24, 2.45) is 0 Å². The van der Waals surface area contributed by atoms with Gasteiger partial charge < -0.3 is 4.74 Å². The molecule has 5 heteroatoms. The Labute approximate surface area is 204 Å². The van der Waals surface area contributed by atoms with Gasteiger partial charge in [0.05, 0.1) is 0 Å². The van der Waals surface area contributed by atoms with Crippen molar-refractivity contribution >= 4 is 12.2 Å². The molecule has 1 N–H and O–H groups in total. The van der Waals surface area contributed by atoms with Gasteiger partial charge in [0, 0.05) is 6.42 Å². The summed E-state index contributed by atoms with van der Waals surface area (Å²) in [5.41, 5.74) is 2.80. The molecule has 0 spiro atoms. The lowest BCUT2D eigenvalue weighted by Crippen LogP contribution is -2.16. The molecule has 5 nitrogen and oxygen atoms in total. The molecule has 0 aliphatic rings. The molecular weight excluding hydrogens is 434 g/mol. The Hall–Kier alpha value is -4.77. The van der Waals surface area contributed by atoms with E-state index < -0.39 is 5.69 Å². The molecule has 172 valence electrons. The minimum atomic E-state index is -0.483. The smallest absolute Gasteiger partial charge is 0.350 e. The van der Waals surface area contributed by atoms with E-state index >= 15 is 0 Å². The van der Waals surface area contributed by atoms with Crippen molar-refractivity contribution in [3.05, 3.63) is 154 Å². The number of rotatable bonds is 6. The van der Waals surface area contributed by atoms with Gasteiger partial charge in [-0.25, -0.2) is 4.79 Å². The van der Waals surface area contributed by atoms with Crippen LogP contribution in [0, 0.1) is 0 Å². The highest BCUT2D eigenvalue weighted by Crippen LogP contribution is 2.16. The van der Waals surface area contributed by atoms with E-state index in [0.717, 1.165) is 16.7 Å². The van der Waals surface area contributed by atoms with E-state index in [0.29, 0.717) is 18.0 Å². The number of benzene rings is 4. The molecule has 0 saturated carbocycles. The fourth-order valence-electron chi connectivity index (χ4n) is 3.21. The lowest BCUT2D eigenvalue weighted by molar-refractivity contribution is 0.434. The van der Waals surface area contributed by atoms with Gasteiger partial charge in [0.25, 0.3) is 0 Å². The van der Waals surface area contributed by atoms with E-state index in [2.05, 4.69) is 39.2 Å². The minimum Gasteiger partial charge on any atom is -0.424 e. The zero-order valence-corrected chi connectivity index (χ0v) is 19.1. The Morgan fingerprint density at radius 1 is 0.629 bits per heavy atom. The second-order valence-electron chi connectivity index (χ2n) is 7.62. The molecule has 0 aliphatic carbocycles. The number of hydrogen-bond acceptors (Lipinski definition) is 4. The van der Waals surface area contributed by atoms with Crippen LogP contribution in [0.2, 0.25) is 0 Å². The summed E-state index contributed by atoms with van der Waals surface area (Å²) in [4.78, 5) is 22.6. The van der Waals surface area contributed by atoms with E-state index in [1.165, 1.54) is 0 Å². The summed E-state index contributed by atoms with van der Waals surface area (Å²) < 4.78 is 5.58. The van der Waals surface area contributed by atoms with Crippen LogP contribution in [0.1, 0.15) is 22.5 Å². The van der Waals surface area contributed by atoms with Crippen molar-refractivity contribution in [2.75, 3.05) is 0 Å².